The van der Waals surface area contributed by atoms with Crippen molar-refractivity contribution in [3.05, 3.63) is 29.3 Å². The number of hydrogen-bond acceptors (Lipinski definition) is 3. The zero-order valence-corrected chi connectivity index (χ0v) is 14.3. The van der Waals surface area contributed by atoms with Gasteiger partial charge in [-0.15, -0.1) is 0 Å². The van der Waals surface area contributed by atoms with E-state index in [9.17, 15) is 0 Å². The van der Waals surface area contributed by atoms with Crippen LogP contribution >= 0.6 is 0 Å². The lowest BCUT2D eigenvalue weighted by Gasteiger charge is -2.31. The quantitative estimate of drug-likeness (QED) is 0.868. The van der Waals surface area contributed by atoms with Crippen molar-refractivity contribution in [1.82, 2.24) is 10.2 Å². The highest BCUT2D eigenvalue weighted by Gasteiger charge is 2.26. The molecule has 118 valence electrons. The fourth-order valence-corrected chi connectivity index (χ4v) is 3.21. The minimum absolute atomic E-state index is 0.523. The van der Waals surface area contributed by atoms with Gasteiger partial charge in [0.1, 0.15) is 0 Å². The van der Waals surface area contributed by atoms with Crippen molar-refractivity contribution in [2.45, 2.75) is 52.2 Å². The summed E-state index contributed by atoms with van der Waals surface area (Å²) in [6.45, 7) is 9.89. The van der Waals surface area contributed by atoms with Gasteiger partial charge in [0.2, 0.25) is 0 Å². The zero-order valence-electron chi connectivity index (χ0n) is 14.3. The monoisotopic (exact) mass is 289 g/mol. The molecule has 3 nitrogen and oxygen atoms in total. The molecule has 1 aliphatic heterocycles. The largest absolute Gasteiger partial charge is 0.367 e. The van der Waals surface area contributed by atoms with Crippen LogP contribution in [0.15, 0.2) is 18.2 Å². The van der Waals surface area contributed by atoms with Gasteiger partial charge in [0, 0.05) is 37.4 Å². The van der Waals surface area contributed by atoms with E-state index in [0.29, 0.717) is 12.1 Å². The maximum atomic E-state index is 3.57. The van der Waals surface area contributed by atoms with Crippen molar-refractivity contribution in [2.75, 3.05) is 32.1 Å². The van der Waals surface area contributed by atoms with Crippen molar-refractivity contribution in [1.29, 1.82) is 0 Å². The average molecular weight is 289 g/mol. The molecule has 3 heteroatoms. The minimum atomic E-state index is 0.523. The lowest BCUT2D eigenvalue weighted by molar-refractivity contribution is 0.372. The van der Waals surface area contributed by atoms with Crippen molar-refractivity contribution in [3.63, 3.8) is 0 Å². The molecule has 1 heterocycles. The zero-order chi connectivity index (χ0) is 15.4. The number of hydrogen-bond donors (Lipinski definition) is 1. The maximum Gasteiger partial charge on any atom is 0.0417 e. The first-order chi connectivity index (χ1) is 9.97. The third kappa shape index (κ3) is 4.45. The van der Waals surface area contributed by atoms with Crippen LogP contribution in [0.5, 0.6) is 0 Å². The van der Waals surface area contributed by atoms with E-state index in [1.807, 2.05) is 0 Å². The molecule has 1 saturated heterocycles. The molecule has 0 aromatic heterocycles. The van der Waals surface area contributed by atoms with Gasteiger partial charge in [-0.3, -0.25) is 0 Å². The molecule has 0 bridgehead atoms. The van der Waals surface area contributed by atoms with Crippen LogP contribution in [0, 0.1) is 6.92 Å². The standard InChI is InChI=1S/C18H31N3/c1-14(2)19-12-16-11-15(3)8-9-18(16)21-10-6-7-17(21)13-20(4)5/h8-9,11,14,17,19H,6-7,10,12-13H2,1-5H3. The Hall–Kier alpha value is -1.06. The van der Waals surface area contributed by atoms with Crippen molar-refractivity contribution in [3.8, 4) is 0 Å². The van der Waals surface area contributed by atoms with Gasteiger partial charge in [0.25, 0.3) is 0 Å². The van der Waals surface area contributed by atoms with Crippen LogP contribution in [-0.2, 0) is 6.54 Å². The summed E-state index contributed by atoms with van der Waals surface area (Å²) in [6, 6.07) is 8.09. The third-order valence-electron chi connectivity index (χ3n) is 4.20. The normalized spacial score (nSPS) is 19.0. The topological polar surface area (TPSA) is 18.5 Å². The van der Waals surface area contributed by atoms with E-state index in [-0.39, 0.29) is 0 Å². The molecule has 0 spiro atoms. The first kappa shape index (κ1) is 16.3. The van der Waals surface area contributed by atoms with Crippen LogP contribution in [0.25, 0.3) is 0 Å². The number of aryl methyl sites for hydroxylation is 1. The molecule has 1 unspecified atom stereocenters. The fourth-order valence-electron chi connectivity index (χ4n) is 3.21. The van der Waals surface area contributed by atoms with Gasteiger partial charge in [0.05, 0.1) is 0 Å². The van der Waals surface area contributed by atoms with Gasteiger partial charge in [0.15, 0.2) is 0 Å². The maximum absolute atomic E-state index is 3.57. The van der Waals surface area contributed by atoms with Crippen molar-refractivity contribution < 1.29 is 0 Å². The van der Waals surface area contributed by atoms with E-state index >= 15 is 0 Å². The summed E-state index contributed by atoms with van der Waals surface area (Å²) in [5, 5.41) is 3.57. The Morgan fingerprint density at radius 1 is 1.33 bits per heavy atom. The molecule has 1 N–H and O–H groups in total. The summed E-state index contributed by atoms with van der Waals surface area (Å²) >= 11 is 0. The van der Waals surface area contributed by atoms with Crippen LogP contribution in [0.4, 0.5) is 5.69 Å². The van der Waals surface area contributed by atoms with Gasteiger partial charge in [-0.1, -0.05) is 31.5 Å². The predicted octanol–water partition coefficient (Wildman–Crippen LogP) is 3.02. The fraction of sp³-hybridized carbons (Fsp3) is 0.667. The number of likely N-dealkylation sites (N-methyl/N-ethyl adjacent to an activating group) is 1. The minimum Gasteiger partial charge on any atom is -0.367 e. The van der Waals surface area contributed by atoms with Crippen LogP contribution in [0.3, 0.4) is 0 Å². The molecule has 1 aromatic rings. The number of rotatable bonds is 6. The molecule has 1 fully saturated rings. The molecular formula is C18H31N3. The van der Waals surface area contributed by atoms with Crippen LogP contribution < -0.4 is 10.2 Å². The lowest BCUT2D eigenvalue weighted by Crippen LogP contribution is -2.38. The van der Waals surface area contributed by atoms with Crippen LogP contribution in [-0.4, -0.2) is 44.2 Å². The molecule has 21 heavy (non-hydrogen) atoms. The summed E-state index contributed by atoms with van der Waals surface area (Å²) in [5.41, 5.74) is 4.22. The van der Waals surface area contributed by atoms with Crippen molar-refractivity contribution in [2.24, 2.45) is 0 Å². The third-order valence-corrected chi connectivity index (χ3v) is 4.20. The Bertz CT molecular complexity index is 454. The highest BCUT2D eigenvalue weighted by atomic mass is 15.2. The second-order valence-electron chi connectivity index (χ2n) is 6.92. The SMILES string of the molecule is Cc1ccc(N2CCCC2CN(C)C)c(CNC(C)C)c1. The van der Waals surface area contributed by atoms with Gasteiger partial charge >= 0.3 is 0 Å². The van der Waals surface area contributed by atoms with Crippen molar-refractivity contribution >= 4 is 5.69 Å². The summed E-state index contributed by atoms with van der Waals surface area (Å²) in [5.74, 6) is 0. The number of anilines is 1. The molecule has 0 saturated carbocycles. The number of nitrogens with zero attached hydrogens (tertiary/aromatic N) is 2. The highest BCUT2D eigenvalue weighted by Crippen LogP contribution is 2.30. The highest BCUT2D eigenvalue weighted by molar-refractivity contribution is 5.56. The first-order valence-electron chi connectivity index (χ1n) is 8.21. The molecule has 1 aromatic carbocycles. The Morgan fingerprint density at radius 3 is 2.76 bits per heavy atom. The Labute approximate surface area is 130 Å². The molecule has 0 amide bonds. The van der Waals surface area contributed by atoms with Gasteiger partial charge in [-0.2, -0.15) is 0 Å². The molecule has 0 radical (unpaired) electrons. The molecule has 2 rings (SSSR count). The Kier molecular flexibility index (Phi) is 5.65. The predicted molar refractivity (Wildman–Crippen MR) is 92.1 cm³/mol. The van der Waals surface area contributed by atoms with Gasteiger partial charge < -0.3 is 15.1 Å². The summed E-state index contributed by atoms with van der Waals surface area (Å²) in [4.78, 5) is 4.93. The summed E-state index contributed by atoms with van der Waals surface area (Å²) in [6.07, 6.45) is 2.62. The summed E-state index contributed by atoms with van der Waals surface area (Å²) in [7, 11) is 4.35. The van der Waals surface area contributed by atoms with E-state index in [1.54, 1.807) is 0 Å². The van der Waals surface area contributed by atoms with Gasteiger partial charge in [-0.25, -0.2) is 0 Å². The Morgan fingerprint density at radius 2 is 2.10 bits per heavy atom. The van der Waals surface area contributed by atoms with E-state index in [0.717, 1.165) is 13.1 Å². The smallest absolute Gasteiger partial charge is 0.0417 e. The summed E-state index contributed by atoms with van der Waals surface area (Å²) < 4.78 is 0. The molecule has 1 aliphatic rings. The van der Waals surface area contributed by atoms with Crippen LogP contribution in [0.2, 0.25) is 0 Å². The second-order valence-corrected chi connectivity index (χ2v) is 6.92. The molecule has 1 atom stereocenters. The van der Waals surface area contributed by atoms with E-state index in [4.69, 9.17) is 0 Å². The van der Waals surface area contributed by atoms with E-state index in [2.05, 4.69) is 68.2 Å². The second kappa shape index (κ2) is 7.28. The van der Waals surface area contributed by atoms with Gasteiger partial charge in [-0.05, 0) is 45.5 Å². The molecule has 0 aliphatic carbocycles. The number of nitrogens with one attached hydrogen (secondary N) is 1. The number of benzene rings is 1. The molecular weight excluding hydrogens is 258 g/mol. The first-order valence-corrected chi connectivity index (χ1v) is 8.21. The lowest BCUT2D eigenvalue weighted by atomic mass is 10.1. The van der Waals surface area contributed by atoms with Crippen LogP contribution in [0.1, 0.15) is 37.8 Å². The van der Waals surface area contributed by atoms with E-state index < -0.39 is 0 Å². The average Bonchev–Trinajstić information content (AvgIpc) is 2.83. The van der Waals surface area contributed by atoms with E-state index in [1.165, 1.54) is 36.2 Å². The Balaban J connectivity index is 2.20.